The molecule has 0 radical (unpaired) electrons. The van der Waals surface area contributed by atoms with Crippen LogP contribution >= 0.6 is 0 Å². The minimum absolute atomic E-state index is 0.233. The second kappa shape index (κ2) is 9.50. The smallest absolute Gasteiger partial charge is 0.255 e. The molecule has 3 aromatic carbocycles. The van der Waals surface area contributed by atoms with Crippen LogP contribution in [0.2, 0.25) is 0 Å². The molecule has 0 aliphatic rings. The van der Waals surface area contributed by atoms with Crippen LogP contribution in [0.15, 0.2) is 72.8 Å². The van der Waals surface area contributed by atoms with Crippen LogP contribution < -0.4 is 15.4 Å². The van der Waals surface area contributed by atoms with Gasteiger partial charge in [-0.1, -0.05) is 24.3 Å². The average molecular weight is 392 g/mol. The van der Waals surface area contributed by atoms with Gasteiger partial charge in [-0.2, -0.15) is 0 Å². The molecular formula is C23H21FN2O3. The Kier molecular flexibility index (Phi) is 6.58. The highest BCUT2D eigenvalue weighted by Crippen LogP contribution is 2.23. The maximum Gasteiger partial charge on any atom is 0.255 e. The van der Waals surface area contributed by atoms with E-state index in [0.29, 0.717) is 35.5 Å². The number of nitrogens with one attached hydrogen (secondary N) is 2. The first-order chi connectivity index (χ1) is 14.1. The lowest BCUT2D eigenvalue weighted by atomic mass is 10.1. The van der Waals surface area contributed by atoms with Crippen molar-refractivity contribution in [3.63, 3.8) is 0 Å². The Hall–Kier alpha value is -3.67. The average Bonchev–Trinajstić information content (AvgIpc) is 2.75. The Morgan fingerprint density at radius 2 is 1.48 bits per heavy atom. The number of para-hydroxylation sites is 2. The third-order valence-corrected chi connectivity index (χ3v) is 4.38. The molecule has 3 aromatic rings. The molecule has 0 aromatic heterocycles. The zero-order valence-electron chi connectivity index (χ0n) is 15.9. The second-order valence-corrected chi connectivity index (χ2v) is 6.36. The van der Waals surface area contributed by atoms with Gasteiger partial charge in [-0.05, 0) is 60.5 Å². The quantitative estimate of drug-likeness (QED) is 0.637. The van der Waals surface area contributed by atoms with Gasteiger partial charge in [0.05, 0.1) is 12.8 Å². The van der Waals surface area contributed by atoms with Crippen molar-refractivity contribution in [2.45, 2.75) is 6.42 Å². The molecular weight excluding hydrogens is 371 g/mol. The van der Waals surface area contributed by atoms with Crippen LogP contribution in [0.3, 0.4) is 0 Å². The zero-order valence-corrected chi connectivity index (χ0v) is 15.9. The summed E-state index contributed by atoms with van der Waals surface area (Å²) in [7, 11) is 1.54. The molecule has 5 nitrogen and oxygen atoms in total. The largest absolute Gasteiger partial charge is 0.495 e. The normalized spacial score (nSPS) is 10.3. The van der Waals surface area contributed by atoms with Crippen molar-refractivity contribution in [3.8, 4) is 5.75 Å². The number of carbonyl (C=O) groups is 2. The molecule has 2 N–H and O–H groups in total. The Bertz CT molecular complexity index is 986. The van der Waals surface area contributed by atoms with Crippen molar-refractivity contribution >= 4 is 17.5 Å². The number of anilines is 1. The number of carbonyl (C=O) groups excluding carboxylic acids is 2. The molecule has 6 heteroatoms. The highest BCUT2D eigenvalue weighted by molar-refractivity contribution is 6.05. The highest BCUT2D eigenvalue weighted by Gasteiger charge is 2.11. The summed E-state index contributed by atoms with van der Waals surface area (Å²) in [5.74, 6) is -0.243. The van der Waals surface area contributed by atoms with Gasteiger partial charge in [0.25, 0.3) is 11.8 Å². The highest BCUT2D eigenvalue weighted by atomic mass is 19.1. The van der Waals surface area contributed by atoms with Crippen molar-refractivity contribution in [2.24, 2.45) is 0 Å². The second-order valence-electron chi connectivity index (χ2n) is 6.36. The predicted octanol–water partition coefficient (Wildman–Crippen LogP) is 4.06. The van der Waals surface area contributed by atoms with Gasteiger partial charge in [-0.25, -0.2) is 4.39 Å². The van der Waals surface area contributed by atoms with E-state index in [9.17, 15) is 14.0 Å². The molecule has 0 saturated carbocycles. The molecule has 2 amide bonds. The molecule has 0 spiro atoms. The minimum atomic E-state index is -0.294. The lowest BCUT2D eigenvalue weighted by Gasteiger charge is -2.10. The van der Waals surface area contributed by atoms with Crippen LogP contribution in [0.1, 0.15) is 26.3 Å². The maximum absolute atomic E-state index is 12.9. The molecule has 0 bridgehead atoms. The van der Waals surface area contributed by atoms with E-state index in [0.717, 1.165) is 5.56 Å². The fraction of sp³-hybridized carbons (Fsp3) is 0.130. The lowest BCUT2D eigenvalue weighted by molar-refractivity contribution is 0.0952. The molecule has 0 unspecified atom stereocenters. The van der Waals surface area contributed by atoms with E-state index in [1.165, 1.54) is 19.2 Å². The summed E-state index contributed by atoms with van der Waals surface area (Å²) in [4.78, 5) is 24.7. The topological polar surface area (TPSA) is 67.4 Å². The van der Waals surface area contributed by atoms with Crippen molar-refractivity contribution in [3.05, 3.63) is 95.3 Å². The first kappa shape index (κ1) is 20.1. The van der Waals surface area contributed by atoms with E-state index in [-0.39, 0.29) is 17.6 Å². The first-order valence-electron chi connectivity index (χ1n) is 9.14. The number of rotatable bonds is 7. The Morgan fingerprint density at radius 3 is 2.14 bits per heavy atom. The molecule has 3 rings (SSSR count). The van der Waals surface area contributed by atoms with Gasteiger partial charge in [0.15, 0.2) is 0 Å². The maximum atomic E-state index is 12.9. The van der Waals surface area contributed by atoms with Crippen molar-refractivity contribution < 1.29 is 18.7 Å². The van der Waals surface area contributed by atoms with Crippen LogP contribution in [0.5, 0.6) is 5.75 Å². The molecule has 0 atom stereocenters. The van der Waals surface area contributed by atoms with E-state index >= 15 is 0 Å². The Balaban J connectivity index is 1.55. The van der Waals surface area contributed by atoms with Crippen molar-refractivity contribution in [1.82, 2.24) is 5.32 Å². The van der Waals surface area contributed by atoms with Gasteiger partial charge in [0.2, 0.25) is 0 Å². The van der Waals surface area contributed by atoms with Crippen molar-refractivity contribution in [2.75, 3.05) is 19.0 Å². The predicted molar refractivity (Wildman–Crippen MR) is 110 cm³/mol. The van der Waals surface area contributed by atoms with E-state index < -0.39 is 0 Å². The minimum Gasteiger partial charge on any atom is -0.495 e. The third-order valence-electron chi connectivity index (χ3n) is 4.38. The number of ether oxygens (including phenoxy) is 1. The fourth-order valence-electron chi connectivity index (χ4n) is 2.79. The summed E-state index contributed by atoms with van der Waals surface area (Å²) in [5.41, 5.74) is 2.40. The van der Waals surface area contributed by atoms with Crippen LogP contribution in [0.25, 0.3) is 0 Å². The van der Waals surface area contributed by atoms with E-state index in [1.807, 2.05) is 6.07 Å². The molecule has 148 valence electrons. The Labute approximate surface area is 168 Å². The molecule has 0 fully saturated rings. The summed E-state index contributed by atoms with van der Waals surface area (Å²) in [5, 5.41) is 5.61. The number of methoxy groups -OCH3 is 1. The van der Waals surface area contributed by atoms with E-state index in [2.05, 4.69) is 10.6 Å². The third kappa shape index (κ3) is 5.42. The van der Waals surface area contributed by atoms with E-state index in [1.54, 1.807) is 54.6 Å². The van der Waals surface area contributed by atoms with Gasteiger partial charge in [-0.15, -0.1) is 0 Å². The monoisotopic (exact) mass is 392 g/mol. The molecule has 0 aliphatic carbocycles. The van der Waals surface area contributed by atoms with E-state index in [4.69, 9.17) is 4.74 Å². The lowest BCUT2D eigenvalue weighted by Crippen LogP contribution is -2.25. The zero-order chi connectivity index (χ0) is 20.6. The number of halogens is 1. The summed E-state index contributed by atoms with van der Waals surface area (Å²) >= 11 is 0. The standard InChI is InChI=1S/C23H21FN2O3/c1-29-21-5-3-2-4-20(21)26-23(28)18-10-8-17(9-11-18)22(27)25-15-14-16-6-12-19(24)13-7-16/h2-13H,14-15H2,1H3,(H,25,27)(H,26,28). The number of hydrogen-bond acceptors (Lipinski definition) is 3. The van der Waals surface area contributed by atoms with Gasteiger partial charge in [0.1, 0.15) is 11.6 Å². The van der Waals surface area contributed by atoms with Crippen LogP contribution in [0.4, 0.5) is 10.1 Å². The van der Waals surface area contributed by atoms with Crippen LogP contribution in [-0.2, 0) is 6.42 Å². The number of hydrogen-bond donors (Lipinski definition) is 2. The van der Waals surface area contributed by atoms with Crippen LogP contribution in [0, 0.1) is 5.82 Å². The molecule has 0 saturated heterocycles. The van der Waals surface area contributed by atoms with Crippen molar-refractivity contribution in [1.29, 1.82) is 0 Å². The van der Waals surface area contributed by atoms with Crippen LogP contribution in [-0.4, -0.2) is 25.5 Å². The summed E-state index contributed by atoms with van der Waals surface area (Å²) in [6, 6.07) is 19.7. The van der Waals surface area contributed by atoms with Gasteiger partial charge < -0.3 is 15.4 Å². The molecule has 29 heavy (non-hydrogen) atoms. The van der Waals surface area contributed by atoms with Gasteiger partial charge >= 0.3 is 0 Å². The number of benzene rings is 3. The summed E-state index contributed by atoms with van der Waals surface area (Å²) in [6.45, 7) is 0.431. The first-order valence-corrected chi connectivity index (χ1v) is 9.14. The SMILES string of the molecule is COc1ccccc1NC(=O)c1ccc(C(=O)NCCc2ccc(F)cc2)cc1. The van der Waals surface area contributed by atoms with Gasteiger partial charge in [-0.3, -0.25) is 9.59 Å². The summed E-state index contributed by atoms with van der Waals surface area (Å²) in [6.07, 6.45) is 0.603. The molecule has 0 heterocycles. The summed E-state index contributed by atoms with van der Waals surface area (Å²) < 4.78 is 18.1. The fourth-order valence-corrected chi connectivity index (χ4v) is 2.79. The van der Waals surface area contributed by atoms with Gasteiger partial charge in [0, 0.05) is 17.7 Å². The molecule has 0 aliphatic heterocycles. The Morgan fingerprint density at radius 1 is 0.862 bits per heavy atom. The number of amides is 2.